The number of anilines is 1. The molecule has 0 bridgehead atoms. The van der Waals surface area contributed by atoms with Gasteiger partial charge < -0.3 is 49.7 Å². The molecule has 3 atom stereocenters. The zero-order valence-corrected chi connectivity index (χ0v) is 29.3. The highest BCUT2D eigenvalue weighted by atomic mass is 19.4. The Labute approximate surface area is 299 Å². The first-order chi connectivity index (χ1) is 24.5. The van der Waals surface area contributed by atoms with Gasteiger partial charge >= 0.3 is 18.2 Å². The molecule has 3 aromatic rings. The van der Waals surface area contributed by atoms with E-state index in [0.717, 1.165) is 24.1 Å². The lowest BCUT2D eigenvalue weighted by Crippen LogP contribution is -2.62. The summed E-state index contributed by atoms with van der Waals surface area (Å²) in [7, 11) is 5.35. The number of benzene rings is 3. The van der Waals surface area contributed by atoms with Crippen LogP contribution in [-0.4, -0.2) is 97.6 Å². The summed E-state index contributed by atoms with van der Waals surface area (Å²) in [6.45, 7) is 4.14. The Kier molecular flexibility index (Phi) is 14.3. The van der Waals surface area contributed by atoms with Gasteiger partial charge in [-0.05, 0) is 79.9 Å². The van der Waals surface area contributed by atoms with Crippen molar-refractivity contribution in [3.05, 3.63) is 83.4 Å². The van der Waals surface area contributed by atoms with Crippen LogP contribution in [0.4, 0.5) is 23.7 Å². The molecule has 52 heavy (non-hydrogen) atoms. The highest BCUT2D eigenvalue weighted by Crippen LogP contribution is 2.31. The van der Waals surface area contributed by atoms with Crippen LogP contribution in [0, 0.1) is 0 Å². The topological polar surface area (TPSA) is 181 Å². The SMILES string of the molecule is CCOC(=O)c1ccc(NC(=O)N(C2CCC[N+](C)(Cc3ccc(OC)c(OC)c3)C2)[C@@H](Cc2ccc(O)cc2)C(N)=O)cc1.O=C([O-])C(F)(F)F. The van der Waals surface area contributed by atoms with Crippen LogP contribution in [0.5, 0.6) is 17.2 Å². The van der Waals surface area contributed by atoms with Crippen LogP contribution in [0.3, 0.4) is 0 Å². The quantitative estimate of drug-likeness (QED) is 0.185. The van der Waals surface area contributed by atoms with Crippen molar-refractivity contribution in [1.82, 2.24) is 4.90 Å². The first-order valence-corrected chi connectivity index (χ1v) is 16.3. The number of urea groups is 1. The number of methoxy groups -OCH3 is 2. The number of carbonyl (C=O) groups is 4. The van der Waals surface area contributed by atoms with Gasteiger partial charge in [0.05, 0.1) is 52.6 Å². The maximum Gasteiger partial charge on any atom is 0.430 e. The van der Waals surface area contributed by atoms with Gasteiger partial charge in [-0.2, -0.15) is 13.2 Å². The molecule has 1 fully saturated rings. The van der Waals surface area contributed by atoms with E-state index >= 15 is 0 Å². The molecule has 1 aliphatic heterocycles. The molecule has 0 radical (unpaired) electrons. The molecule has 4 rings (SSSR count). The standard InChI is InChI=1S/C34H42N4O7.C2HF3O2/c1-5-45-33(41)25-11-13-26(14-12-25)36-34(42)37(29(32(35)40)19-23-8-15-28(39)16-9-23)27-7-6-18-38(2,22-27)21-24-10-17-30(43-3)31(20-24)44-4;3-2(4,5)1(6)7/h8-17,20,27,29H,5-7,18-19,21-22H2,1-4H3,(H3-,35,36,39,40,41,42);(H,6,7)/t27?,29-,38?;/m0./s1. The Bertz CT molecular complexity index is 1690. The number of carboxylic acids is 1. The van der Waals surface area contributed by atoms with Crippen molar-refractivity contribution in [1.29, 1.82) is 0 Å². The van der Waals surface area contributed by atoms with E-state index in [4.69, 9.17) is 29.8 Å². The third-order valence-corrected chi connectivity index (χ3v) is 8.44. The van der Waals surface area contributed by atoms with Gasteiger partial charge in [0, 0.05) is 17.7 Å². The van der Waals surface area contributed by atoms with Crippen LogP contribution < -0.4 is 25.6 Å². The number of hydrogen-bond acceptors (Lipinski definition) is 9. The highest BCUT2D eigenvalue weighted by Gasteiger charge is 2.41. The van der Waals surface area contributed by atoms with Gasteiger partial charge in [-0.15, -0.1) is 0 Å². The van der Waals surface area contributed by atoms with Crippen LogP contribution in [0.25, 0.3) is 0 Å². The molecule has 1 heterocycles. The second kappa shape index (κ2) is 18.1. The van der Waals surface area contributed by atoms with Gasteiger partial charge in [0.25, 0.3) is 0 Å². The fourth-order valence-corrected chi connectivity index (χ4v) is 6.04. The second-order valence-corrected chi connectivity index (χ2v) is 12.4. The average molecular weight is 733 g/mol. The smallest absolute Gasteiger partial charge is 0.430 e. The average Bonchev–Trinajstić information content (AvgIpc) is 3.09. The Hall–Kier alpha value is -5.51. The molecule has 1 aliphatic rings. The van der Waals surface area contributed by atoms with Gasteiger partial charge in [0.1, 0.15) is 24.3 Å². The number of piperidine rings is 1. The van der Waals surface area contributed by atoms with E-state index in [-0.39, 0.29) is 24.8 Å². The Morgan fingerprint density at radius 1 is 1.00 bits per heavy atom. The lowest BCUT2D eigenvalue weighted by atomic mass is 9.96. The predicted octanol–water partition coefficient (Wildman–Crippen LogP) is 3.62. The van der Waals surface area contributed by atoms with E-state index < -0.39 is 36.1 Å². The molecule has 282 valence electrons. The van der Waals surface area contributed by atoms with E-state index in [0.29, 0.717) is 46.7 Å². The van der Waals surface area contributed by atoms with Crippen molar-refractivity contribution in [2.75, 3.05) is 46.3 Å². The molecule has 2 unspecified atom stereocenters. The number of alkyl halides is 3. The molecule has 0 aliphatic carbocycles. The largest absolute Gasteiger partial charge is 0.542 e. The number of quaternary nitrogens is 1. The number of nitrogens with one attached hydrogen (secondary N) is 1. The van der Waals surface area contributed by atoms with Crippen LogP contribution in [0.15, 0.2) is 66.7 Å². The molecular formula is C36H43F3N4O9. The number of esters is 1. The van der Waals surface area contributed by atoms with Gasteiger partial charge in [-0.3, -0.25) is 4.79 Å². The molecule has 1 saturated heterocycles. The van der Waals surface area contributed by atoms with Crippen molar-refractivity contribution in [3.8, 4) is 17.2 Å². The van der Waals surface area contributed by atoms with Crippen molar-refractivity contribution >= 4 is 29.6 Å². The monoisotopic (exact) mass is 732 g/mol. The predicted molar refractivity (Wildman–Crippen MR) is 181 cm³/mol. The van der Waals surface area contributed by atoms with E-state index in [1.807, 2.05) is 18.2 Å². The number of primary amides is 1. The number of aromatic hydroxyl groups is 1. The van der Waals surface area contributed by atoms with Crippen LogP contribution in [0.1, 0.15) is 41.3 Å². The number of phenolic OH excluding ortho intramolecular Hbond substituents is 1. The Morgan fingerprint density at radius 3 is 2.13 bits per heavy atom. The Balaban J connectivity index is 0.000000944. The molecular weight excluding hydrogens is 689 g/mol. The summed E-state index contributed by atoms with van der Waals surface area (Å²) in [5.74, 6) is -2.69. The number of nitrogens with zero attached hydrogens (tertiary/aromatic N) is 2. The molecule has 0 spiro atoms. The summed E-state index contributed by atoms with van der Waals surface area (Å²) in [6, 6.07) is 17.1. The maximum atomic E-state index is 14.1. The van der Waals surface area contributed by atoms with E-state index in [9.17, 15) is 32.7 Å². The normalized spacial score (nSPS) is 17.4. The lowest BCUT2D eigenvalue weighted by molar-refractivity contribution is -0.928. The third-order valence-electron chi connectivity index (χ3n) is 8.44. The van der Waals surface area contributed by atoms with Crippen molar-refractivity contribution < 1.29 is 61.3 Å². The fourth-order valence-electron chi connectivity index (χ4n) is 6.04. The zero-order valence-electron chi connectivity index (χ0n) is 29.3. The summed E-state index contributed by atoms with van der Waals surface area (Å²) >= 11 is 0. The minimum absolute atomic E-state index is 0.103. The molecule has 13 nitrogen and oxygen atoms in total. The summed E-state index contributed by atoms with van der Waals surface area (Å²) in [5.41, 5.74) is 8.64. The number of halogens is 3. The maximum absolute atomic E-state index is 14.1. The molecule has 0 saturated carbocycles. The number of amides is 3. The number of carbonyl (C=O) groups excluding carboxylic acids is 4. The number of carboxylic acid groups (broad SMARTS) is 1. The second-order valence-electron chi connectivity index (χ2n) is 12.4. The van der Waals surface area contributed by atoms with Gasteiger partial charge in [0.2, 0.25) is 5.91 Å². The van der Waals surface area contributed by atoms with Gasteiger partial charge in [-0.1, -0.05) is 12.1 Å². The highest BCUT2D eigenvalue weighted by molar-refractivity contribution is 5.95. The minimum atomic E-state index is -5.19. The van der Waals surface area contributed by atoms with Gasteiger partial charge in [0.15, 0.2) is 11.5 Å². The molecule has 3 amide bonds. The van der Waals surface area contributed by atoms with E-state index in [1.165, 1.54) is 0 Å². The molecule has 3 aromatic carbocycles. The minimum Gasteiger partial charge on any atom is -0.542 e. The number of likely N-dealkylation sites (tertiary alicyclic amines) is 1. The first kappa shape index (κ1) is 40.9. The van der Waals surface area contributed by atoms with Gasteiger partial charge in [-0.25, -0.2) is 9.59 Å². The zero-order chi connectivity index (χ0) is 38.6. The number of aliphatic carboxylic acids is 1. The summed E-state index contributed by atoms with van der Waals surface area (Å²) < 4.78 is 48.2. The van der Waals surface area contributed by atoms with Crippen molar-refractivity contribution in [3.63, 3.8) is 0 Å². The number of hydrogen-bond donors (Lipinski definition) is 3. The van der Waals surface area contributed by atoms with E-state index in [1.54, 1.807) is 74.6 Å². The number of rotatable bonds is 12. The third kappa shape index (κ3) is 11.5. The summed E-state index contributed by atoms with van der Waals surface area (Å²) in [4.78, 5) is 49.6. The molecule has 4 N–H and O–H groups in total. The number of likely N-dealkylation sites (N-methyl/N-ethyl adjacent to an activating group) is 1. The number of nitrogens with two attached hydrogens (primary N) is 1. The van der Waals surface area contributed by atoms with Crippen LogP contribution in [-0.2, 0) is 27.3 Å². The Morgan fingerprint density at radius 2 is 1.60 bits per heavy atom. The van der Waals surface area contributed by atoms with Crippen LogP contribution in [0.2, 0.25) is 0 Å². The number of phenols is 1. The first-order valence-electron chi connectivity index (χ1n) is 16.3. The number of ether oxygens (including phenoxy) is 3. The van der Waals surface area contributed by atoms with Crippen LogP contribution >= 0.6 is 0 Å². The van der Waals surface area contributed by atoms with Crippen molar-refractivity contribution in [2.24, 2.45) is 5.73 Å². The summed E-state index contributed by atoms with van der Waals surface area (Å²) in [6.07, 6.45) is -3.49. The lowest BCUT2D eigenvalue weighted by Gasteiger charge is -2.46. The molecule has 0 aromatic heterocycles. The van der Waals surface area contributed by atoms with E-state index in [2.05, 4.69) is 12.4 Å². The van der Waals surface area contributed by atoms with Crippen molar-refractivity contribution in [2.45, 2.75) is 51.0 Å². The molecule has 16 heteroatoms. The fraction of sp³-hybridized carbons (Fsp3) is 0.389. The summed E-state index contributed by atoms with van der Waals surface area (Å²) in [5, 5.41) is 21.5.